The number of thiazole rings is 1. The molecular weight excluding hydrogens is 443 g/mol. The van der Waals surface area contributed by atoms with E-state index in [1.807, 2.05) is 24.4 Å². The molecule has 0 saturated carbocycles. The average Bonchev–Trinajstić information content (AvgIpc) is 3.51. The molecule has 3 heterocycles. The van der Waals surface area contributed by atoms with Crippen molar-refractivity contribution in [3.63, 3.8) is 0 Å². The Morgan fingerprint density at radius 1 is 1.30 bits per heavy atom. The van der Waals surface area contributed by atoms with E-state index in [2.05, 4.69) is 21.5 Å². The highest BCUT2D eigenvalue weighted by Gasteiger charge is 2.17. The van der Waals surface area contributed by atoms with Crippen LogP contribution in [0.3, 0.4) is 0 Å². The number of carbonyl (C=O) groups excluding carboxylic acids is 1. The minimum absolute atomic E-state index is 0.140. The topological polar surface area (TPSA) is 123 Å². The molecule has 0 fully saturated rings. The van der Waals surface area contributed by atoms with Crippen molar-refractivity contribution in [2.75, 3.05) is 12.3 Å². The van der Waals surface area contributed by atoms with E-state index >= 15 is 0 Å². The minimum Gasteiger partial charge on any atom is -0.459 e. The minimum atomic E-state index is -0.370. The molecule has 3 aromatic heterocycles. The molecule has 0 spiro atoms. The molecule has 0 unspecified atom stereocenters. The van der Waals surface area contributed by atoms with E-state index in [0.29, 0.717) is 42.2 Å². The second-order valence-corrected chi connectivity index (χ2v) is 8.25. The van der Waals surface area contributed by atoms with Gasteiger partial charge in [-0.2, -0.15) is 10.4 Å². The van der Waals surface area contributed by atoms with Gasteiger partial charge < -0.3 is 15.5 Å². The van der Waals surface area contributed by atoms with Crippen molar-refractivity contribution >= 4 is 23.1 Å². The number of halogens is 1. The Kier molecular flexibility index (Phi) is 6.51. The normalized spacial score (nSPS) is 10.8. The number of amides is 1. The lowest BCUT2D eigenvalue weighted by atomic mass is 10.1. The fourth-order valence-corrected chi connectivity index (χ4v) is 4.10. The van der Waals surface area contributed by atoms with Gasteiger partial charge in [0.05, 0.1) is 23.5 Å². The van der Waals surface area contributed by atoms with Crippen LogP contribution in [0.25, 0.3) is 16.5 Å². The number of nitrogen functional groups attached to an aromatic ring is 1. The van der Waals surface area contributed by atoms with Crippen molar-refractivity contribution < 1.29 is 13.6 Å². The Labute approximate surface area is 193 Å². The predicted molar refractivity (Wildman–Crippen MR) is 122 cm³/mol. The number of hydrogen-bond acceptors (Lipinski definition) is 7. The number of carbonyl (C=O) groups is 1. The van der Waals surface area contributed by atoms with Crippen LogP contribution in [0.1, 0.15) is 29.1 Å². The Balaban J connectivity index is 1.30. The van der Waals surface area contributed by atoms with Crippen molar-refractivity contribution in [1.82, 2.24) is 20.1 Å². The SMILES string of the molecule is Cc1ccc(-c2nc(CC(=O)NCCCc3nn(-c4ccc(F)cc4)c(N)c3C#N)cs2)o1. The molecule has 0 bridgehead atoms. The summed E-state index contributed by atoms with van der Waals surface area (Å²) in [5.74, 6) is 1.19. The molecule has 8 nitrogen and oxygen atoms in total. The monoisotopic (exact) mass is 464 g/mol. The molecule has 168 valence electrons. The maximum Gasteiger partial charge on any atom is 0.226 e. The zero-order valence-electron chi connectivity index (χ0n) is 17.8. The van der Waals surface area contributed by atoms with Crippen LogP contribution in [0.2, 0.25) is 0 Å². The molecule has 4 rings (SSSR count). The summed E-state index contributed by atoms with van der Waals surface area (Å²) in [6.45, 7) is 2.29. The van der Waals surface area contributed by atoms with Crippen LogP contribution in [-0.2, 0) is 17.6 Å². The third kappa shape index (κ3) is 5.10. The molecule has 0 aliphatic rings. The fourth-order valence-electron chi connectivity index (χ4n) is 3.32. The van der Waals surface area contributed by atoms with Gasteiger partial charge in [0.25, 0.3) is 0 Å². The molecule has 33 heavy (non-hydrogen) atoms. The van der Waals surface area contributed by atoms with E-state index in [-0.39, 0.29) is 29.5 Å². The second kappa shape index (κ2) is 9.67. The molecule has 0 aliphatic carbocycles. The Morgan fingerprint density at radius 3 is 2.79 bits per heavy atom. The van der Waals surface area contributed by atoms with Crippen LogP contribution >= 0.6 is 11.3 Å². The summed E-state index contributed by atoms with van der Waals surface area (Å²) in [6.07, 6.45) is 1.21. The van der Waals surface area contributed by atoms with E-state index in [0.717, 1.165) is 10.8 Å². The molecule has 0 aliphatic heterocycles. The summed E-state index contributed by atoms with van der Waals surface area (Å²) in [6, 6.07) is 11.5. The lowest BCUT2D eigenvalue weighted by Crippen LogP contribution is -2.26. The van der Waals surface area contributed by atoms with Crippen molar-refractivity contribution in [3.8, 4) is 22.5 Å². The summed E-state index contributed by atoms with van der Waals surface area (Å²) in [5, 5.41) is 19.3. The van der Waals surface area contributed by atoms with Gasteiger partial charge in [-0.15, -0.1) is 11.3 Å². The number of hydrogen-bond donors (Lipinski definition) is 2. The molecule has 0 atom stereocenters. The molecule has 1 amide bonds. The van der Waals surface area contributed by atoms with E-state index in [1.54, 1.807) is 12.1 Å². The molecule has 4 aromatic rings. The molecule has 3 N–H and O–H groups in total. The van der Waals surface area contributed by atoms with Gasteiger partial charge in [-0.05, 0) is 56.2 Å². The molecule has 1 aromatic carbocycles. The van der Waals surface area contributed by atoms with Crippen molar-refractivity contribution in [2.45, 2.75) is 26.2 Å². The molecule has 10 heteroatoms. The van der Waals surface area contributed by atoms with E-state index in [4.69, 9.17) is 10.2 Å². The first-order valence-corrected chi connectivity index (χ1v) is 11.1. The third-order valence-electron chi connectivity index (χ3n) is 4.93. The van der Waals surface area contributed by atoms with Gasteiger partial charge in [0.1, 0.15) is 29.0 Å². The zero-order chi connectivity index (χ0) is 23.4. The standard InChI is InChI=1S/C23H21FN6O2S/c1-14-4-9-20(32-14)23-28-16(13-33-23)11-21(31)27-10-2-3-19-18(12-25)22(26)30(29-19)17-7-5-15(24)6-8-17/h4-9,13H,2-3,10-11,26H2,1H3,(H,27,31). The Bertz CT molecular complexity index is 1320. The van der Waals surface area contributed by atoms with Gasteiger partial charge in [0.2, 0.25) is 5.91 Å². The fraction of sp³-hybridized carbons (Fsp3) is 0.217. The summed E-state index contributed by atoms with van der Waals surface area (Å²) in [4.78, 5) is 16.7. The van der Waals surface area contributed by atoms with Crippen LogP contribution in [0, 0.1) is 24.1 Å². The quantitative estimate of drug-likeness (QED) is 0.383. The van der Waals surface area contributed by atoms with E-state index in [9.17, 15) is 14.4 Å². The van der Waals surface area contributed by atoms with Gasteiger partial charge in [-0.25, -0.2) is 14.1 Å². The Hall–Kier alpha value is -3.97. The van der Waals surface area contributed by atoms with Gasteiger partial charge in [0, 0.05) is 11.9 Å². The van der Waals surface area contributed by atoms with Gasteiger partial charge in [0.15, 0.2) is 10.8 Å². The zero-order valence-corrected chi connectivity index (χ0v) is 18.7. The maximum absolute atomic E-state index is 13.2. The number of rotatable bonds is 8. The lowest BCUT2D eigenvalue weighted by Gasteiger charge is -2.04. The number of aryl methyl sites for hydroxylation is 2. The van der Waals surface area contributed by atoms with Crippen molar-refractivity contribution in [3.05, 3.63) is 70.3 Å². The van der Waals surface area contributed by atoms with Gasteiger partial charge in [-0.3, -0.25) is 4.79 Å². The van der Waals surface area contributed by atoms with Crippen molar-refractivity contribution in [2.24, 2.45) is 0 Å². The van der Waals surface area contributed by atoms with Crippen LogP contribution < -0.4 is 11.1 Å². The predicted octanol–water partition coefficient (Wildman–Crippen LogP) is 3.78. The van der Waals surface area contributed by atoms with Gasteiger partial charge in [-0.1, -0.05) is 0 Å². The summed E-state index contributed by atoms with van der Waals surface area (Å²) >= 11 is 1.43. The highest BCUT2D eigenvalue weighted by molar-refractivity contribution is 7.13. The first-order valence-electron chi connectivity index (χ1n) is 10.3. The van der Waals surface area contributed by atoms with Gasteiger partial charge >= 0.3 is 0 Å². The number of nitrogens with two attached hydrogens (primary N) is 1. The van der Waals surface area contributed by atoms with Crippen LogP contribution in [-0.4, -0.2) is 27.2 Å². The molecule has 0 radical (unpaired) electrons. The highest BCUT2D eigenvalue weighted by atomic mass is 32.1. The molecule has 0 saturated heterocycles. The smallest absolute Gasteiger partial charge is 0.226 e. The number of furan rings is 1. The van der Waals surface area contributed by atoms with E-state index in [1.165, 1.54) is 28.2 Å². The number of aromatic nitrogens is 3. The van der Waals surface area contributed by atoms with Crippen LogP contribution in [0.4, 0.5) is 10.2 Å². The Morgan fingerprint density at radius 2 is 2.09 bits per heavy atom. The van der Waals surface area contributed by atoms with Crippen LogP contribution in [0.15, 0.2) is 46.2 Å². The first-order chi connectivity index (χ1) is 15.9. The third-order valence-corrected chi connectivity index (χ3v) is 5.84. The molecular formula is C23H21FN6O2S. The number of nitrogens with zero attached hydrogens (tertiary/aromatic N) is 4. The number of benzene rings is 1. The average molecular weight is 465 g/mol. The second-order valence-electron chi connectivity index (χ2n) is 7.39. The highest BCUT2D eigenvalue weighted by Crippen LogP contribution is 2.26. The maximum atomic E-state index is 13.2. The number of anilines is 1. The summed E-state index contributed by atoms with van der Waals surface area (Å²) in [7, 11) is 0. The van der Waals surface area contributed by atoms with E-state index < -0.39 is 0 Å². The number of nitriles is 1. The lowest BCUT2D eigenvalue weighted by molar-refractivity contribution is -0.120. The van der Waals surface area contributed by atoms with Crippen LogP contribution in [0.5, 0.6) is 0 Å². The summed E-state index contributed by atoms with van der Waals surface area (Å²) in [5.41, 5.74) is 8.14. The summed E-state index contributed by atoms with van der Waals surface area (Å²) < 4.78 is 20.2. The largest absolute Gasteiger partial charge is 0.459 e. The first kappa shape index (κ1) is 22.2. The van der Waals surface area contributed by atoms with Crippen molar-refractivity contribution in [1.29, 1.82) is 5.26 Å². The number of nitrogens with one attached hydrogen (secondary N) is 1.